The number of hydrogen-bond acceptors (Lipinski definition) is 5. The quantitative estimate of drug-likeness (QED) is 0.844. The molecule has 0 saturated carbocycles. The van der Waals surface area contributed by atoms with Crippen molar-refractivity contribution in [2.24, 2.45) is 0 Å². The predicted molar refractivity (Wildman–Crippen MR) is 86.5 cm³/mol. The molecular formula is C14H22N2O2S2. The number of rotatable bonds is 4. The minimum absolute atomic E-state index is 0.430. The van der Waals surface area contributed by atoms with Crippen LogP contribution in [0.4, 0.5) is 5.69 Å². The van der Waals surface area contributed by atoms with Gasteiger partial charge >= 0.3 is 0 Å². The molecule has 1 aromatic carbocycles. The highest BCUT2D eigenvalue weighted by Crippen LogP contribution is 2.32. The number of para-hydroxylation sites is 1. The SMILES string of the molecule is CS[C@H]1CN(c2ccccc2S(C)(=O)=O)C[C@@H]1N(C)C. The van der Waals surface area contributed by atoms with E-state index in [0.717, 1.165) is 18.8 Å². The molecule has 112 valence electrons. The molecule has 0 amide bonds. The van der Waals surface area contributed by atoms with Crippen LogP contribution in [0.3, 0.4) is 0 Å². The molecule has 2 atom stereocenters. The maximum atomic E-state index is 11.9. The van der Waals surface area contributed by atoms with E-state index in [1.54, 1.807) is 12.1 Å². The molecule has 20 heavy (non-hydrogen) atoms. The van der Waals surface area contributed by atoms with Gasteiger partial charge < -0.3 is 9.80 Å². The van der Waals surface area contributed by atoms with E-state index >= 15 is 0 Å². The van der Waals surface area contributed by atoms with Crippen molar-refractivity contribution in [3.63, 3.8) is 0 Å². The van der Waals surface area contributed by atoms with Crippen LogP contribution in [-0.2, 0) is 9.84 Å². The fourth-order valence-electron chi connectivity index (χ4n) is 2.71. The van der Waals surface area contributed by atoms with Crippen molar-refractivity contribution in [1.29, 1.82) is 0 Å². The van der Waals surface area contributed by atoms with E-state index in [4.69, 9.17) is 0 Å². The number of likely N-dealkylation sites (N-methyl/N-ethyl adjacent to an activating group) is 1. The third-order valence-corrected chi connectivity index (χ3v) is 6.02. The van der Waals surface area contributed by atoms with Crippen LogP contribution in [0.1, 0.15) is 0 Å². The molecule has 0 aliphatic carbocycles. The summed E-state index contributed by atoms with van der Waals surface area (Å²) in [6.45, 7) is 1.75. The third-order valence-electron chi connectivity index (χ3n) is 3.81. The first-order chi connectivity index (χ1) is 9.34. The third kappa shape index (κ3) is 3.13. The molecule has 0 unspecified atom stereocenters. The van der Waals surface area contributed by atoms with Crippen LogP contribution in [0.5, 0.6) is 0 Å². The first-order valence-electron chi connectivity index (χ1n) is 6.58. The van der Waals surface area contributed by atoms with Crippen LogP contribution in [0.25, 0.3) is 0 Å². The van der Waals surface area contributed by atoms with Crippen LogP contribution < -0.4 is 4.90 Å². The second kappa shape index (κ2) is 5.95. The van der Waals surface area contributed by atoms with Crippen molar-refractivity contribution in [3.05, 3.63) is 24.3 Å². The lowest BCUT2D eigenvalue weighted by atomic mass is 10.2. The summed E-state index contributed by atoms with van der Waals surface area (Å²) in [6, 6.07) is 7.73. The van der Waals surface area contributed by atoms with Gasteiger partial charge in [0.15, 0.2) is 9.84 Å². The molecule has 1 aromatic rings. The van der Waals surface area contributed by atoms with Gasteiger partial charge in [0.05, 0.1) is 10.6 Å². The van der Waals surface area contributed by atoms with Crippen LogP contribution in [0, 0.1) is 0 Å². The molecule has 1 aliphatic heterocycles. The molecule has 0 bridgehead atoms. The molecular weight excluding hydrogens is 292 g/mol. The molecule has 4 nitrogen and oxygen atoms in total. The molecule has 1 aliphatic rings. The lowest BCUT2D eigenvalue weighted by Crippen LogP contribution is -2.36. The van der Waals surface area contributed by atoms with E-state index in [0.29, 0.717) is 16.2 Å². The Morgan fingerprint density at radius 3 is 2.40 bits per heavy atom. The molecule has 0 spiro atoms. The van der Waals surface area contributed by atoms with Crippen LogP contribution >= 0.6 is 11.8 Å². The summed E-state index contributed by atoms with van der Waals surface area (Å²) in [5.74, 6) is 0. The highest BCUT2D eigenvalue weighted by Gasteiger charge is 2.35. The normalized spacial score (nSPS) is 23.6. The fraction of sp³-hybridized carbons (Fsp3) is 0.571. The highest BCUT2D eigenvalue weighted by atomic mass is 32.2. The average molecular weight is 314 g/mol. The van der Waals surface area contributed by atoms with Gasteiger partial charge in [-0.2, -0.15) is 11.8 Å². The summed E-state index contributed by atoms with van der Waals surface area (Å²) < 4.78 is 23.9. The molecule has 2 rings (SSSR count). The average Bonchev–Trinajstić information content (AvgIpc) is 2.82. The zero-order valence-electron chi connectivity index (χ0n) is 12.4. The van der Waals surface area contributed by atoms with Gasteiger partial charge in [0, 0.05) is 30.6 Å². The molecule has 0 N–H and O–H groups in total. The number of sulfone groups is 1. The lowest BCUT2D eigenvalue weighted by Gasteiger charge is -2.24. The second-order valence-electron chi connectivity index (χ2n) is 5.45. The number of hydrogen-bond donors (Lipinski definition) is 0. The first kappa shape index (κ1) is 15.7. The number of benzene rings is 1. The Kier molecular flexibility index (Phi) is 4.66. The maximum absolute atomic E-state index is 11.9. The zero-order valence-corrected chi connectivity index (χ0v) is 14.0. The molecule has 6 heteroatoms. The molecule has 1 saturated heterocycles. The first-order valence-corrected chi connectivity index (χ1v) is 9.75. The molecule has 1 heterocycles. The minimum Gasteiger partial charge on any atom is -0.368 e. The van der Waals surface area contributed by atoms with Gasteiger partial charge in [-0.15, -0.1) is 0 Å². The number of thioether (sulfide) groups is 1. The van der Waals surface area contributed by atoms with Crippen molar-refractivity contribution in [2.45, 2.75) is 16.2 Å². The smallest absolute Gasteiger partial charge is 0.177 e. The van der Waals surface area contributed by atoms with Gasteiger partial charge in [0.25, 0.3) is 0 Å². The molecule has 1 fully saturated rings. The van der Waals surface area contributed by atoms with Gasteiger partial charge in [-0.25, -0.2) is 8.42 Å². The summed E-state index contributed by atoms with van der Waals surface area (Å²) in [6.07, 6.45) is 3.39. The number of nitrogens with zero attached hydrogens (tertiary/aromatic N) is 2. The number of anilines is 1. The summed E-state index contributed by atoms with van der Waals surface area (Å²) in [5.41, 5.74) is 0.832. The Labute approximate surface area is 126 Å². The van der Waals surface area contributed by atoms with Crippen molar-refractivity contribution in [3.8, 4) is 0 Å². The largest absolute Gasteiger partial charge is 0.368 e. The van der Waals surface area contributed by atoms with Crippen LogP contribution in [0.15, 0.2) is 29.2 Å². The maximum Gasteiger partial charge on any atom is 0.177 e. The summed E-state index contributed by atoms with van der Waals surface area (Å²) in [5, 5.41) is 0.498. The fourth-order valence-corrected chi connectivity index (χ4v) is 4.59. The summed E-state index contributed by atoms with van der Waals surface area (Å²) in [4.78, 5) is 4.85. The summed E-state index contributed by atoms with van der Waals surface area (Å²) >= 11 is 1.85. The Hall–Kier alpha value is -0.720. The summed E-state index contributed by atoms with van der Waals surface area (Å²) in [7, 11) is 0.971. The highest BCUT2D eigenvalue weighted by molar-refractivity contribution is 7.99. The molecule has 0 radical (unpaired) electrons. The van der Waals surface area contributed by atoms with E-state index in [2.05, 4.69) is 30.2 Å². The van der Waals surface area contributed by atoms with E-state index in [1.807, 2.05) is 23.9 Å². The topological polar surface area (TPSA) is 40.6 Å². The van der Waals surface area contributed by atoms with Gasteiger partial charge in [-0.1, -0.05) is 12.1 Å². The minimum atomic E-state index is -3.19. The van der Waals surface area contributed by atoms with E-state index in [-0.39, 0.29) is 0 Å². The van der Waals surface area contributed by atoms with Crippen LogP contribution in [-0.4, -0.2) is 64.3 Å². The van der Waals surface area contributed by atoms with Crippen molar-refractivity contribution >= 4 is 27.3 Å². The standard InChI is InChI=1S/C14H22N2O2S2/c1-15(2)12-9-16(10-13(12)19-3)11-7-5-6-8-14(11)20(4,17)18/h5-8,12-13H,9-10H2,1-4H3/t12-,13-/m0/s1. The van der Waals surface area contributed by atoms with Crippen molar-refractivity contribution in [1.82, 2.24) is 4.90 Å². The Bertz CT molecular complexity index is 572. The van der Waals surface area contributed by atoms with E-state index in [1.165, 1.54) is 6.26 Å². The lowest BCUT2D eigenvalue weighted by molar-refractivity contribution is 0.320. The van der Waals surface area contributed by atoms with Crippen molar-refractivity contribution in [2.75, 3.05) is 44.6 Å². The molecule has 0 aromatic heterocycles. The zero-order chi connectivity index (χ0) is 14.9. The van der Waals surface area contributed by atoms with Crippen molar-refractivity contribution < 1.29 is 8.42 Å². The monoisotopic (exact) mass is 314 g/mol. The predicted octanol–water partition coefficient (Wildman–Crippen LogP) is 1.57. The van der Waals surface area contributed by atoms with Crippen LogP contribution in [0.2, 0.25) is 0 Å². The Morgan fingerprint density at radius 1 is 1.25 bits per heavy atom. The van der Waals surface area contributed by atoms with Gasteiger partial charge in [-0.3, -0.25) is 0 Å². The van der Waals surface area contributed by atoms with E-state index < -0.39 is 9.84 Å². The van der Waals surface area contributed by atoms with Gasteiger partial charge in [0.2, 0.25) is 0 Å². The second-order valence-corrected chi connectivity index (χ2v) is 8.51. The van der Waals surface area contributed by atoms with Gasteiger partial charge in [-0.05, 0) is 32.5 Å². The Balaban J connectivity index is 2.35. The van der Waals surface area contributed by atoms with Gasteiger partial charge in [0.1, 0.15) is 0 Å². The Morgan fingerprint density at radius 2 is 1.90 bits per heavy atom. The van der Waals surface area contributed by atoms with E-state index in [9.17, 15) is 8.42 Å².